The lowest BCUT2D eigenvalue weighted by Crippen LogP contribution is -2.61. The lowest BCUT2D eigenvalue weighted by atomic mass is 9.99. The van der Waals surface area contributed by atoms with Gasteiger partial charge in [-0.05, 0) is 83.5 Å². The number of unbranched alkanes of at least 4 members (excludes halogenated alkanes) is 26. The Kier molecular flexibility index (Phi) is 45.2. The van der Waals surface area contributed by atoms with Gasteiger partial charge in [0.25, 0.3) is 0 Å². The van der Waals surface area contributed by atoms with E-state index in [0.717, 1.165) is 89.9 Å². The second kappa shape index (κ2) is 48.3. The van der Waals surface area contributed by atoms with Crippen molar-refractivity contribution in [2.24, 2.45) is 0 Å². The number of esters is 1. The Hall–Kier alpha value is -2.64. The topological polar surface area (TPSA) is 175 Å². The zero-order valence-electron chi connectivity index (χ0n) is 45.3. The van der Waals surface area contributed by atoms with Gasteiger partial charge in [-0.1, -0.05) is 216 Å². The van der Waals surface area contributed by atoms with Gasteiger partial charge in [0.05, 0.1) is 25.4 Å². The van der Waals surface area contributed by atoms with Crippen LogP contribution in [0.5, 0.6) is 0 Å². The van der Waals surface area contributed by atoms with E-state index in [2.05, 4.69) is 74.7 Å². The molecule has 412 valence electrons. The second-order valence-electron chi connectivity index (χ2n) is 20.0. The van der Waals surface area contributed by atoms with Crippen molar-refractivity contribution in [2.75, 3.05) is 13.2 Å². The summed E-state index contributed by atoms with van der Waals surface area (Å²) in [5.41, 5.74) is 0. The van der Waals surface area contributed by atoms with Crippen LogP contribution in [0.3, 0.4) is 0 Å². The summed E-state index contributed by atoms with van der Waals surface area (Å²) in [6.07, 6.45) is 48.3. The average Bonchev–Trinajstić information content (AvgIpc) is 3.37. The van der Waals surface area contributed by atoms with Crippen LogP contribution in [0.2, 0.25) is 0 Å². The van der Waals surface area contributed by atoms with Crippen LogP contribution in [0.4, 0.5) is 0 Å². The number of carbonyl (C=O) groups excluding carboxylic acids is 2. The van der Waals surface area contributed by atoms with Gasteiger partial charge in [0.2, 0.25) is 5.91 Å². The fraction of sp³-hybridized carbons (Fsp3) is 0.800. The highest BCUT2D eigenvalue weighted by Crippen LogP contribution is 2.26. The van der Waals surface area contributed by atoms with E-state index >= 15 is 0 Å². The van der Waals surface area contributed by atoms with Crippen LogP contribution >= 0.6 is 0 Å². The number of ether oxygens (including phenoxy) is 3. The molecule has 0 aromatic heterocycles. The zero-order chi connectivity index (χ0) is 51.8. The van der Waals surface area contributed by atoms with Gasteiger partial charge in [0.15, 0.2) is 12.4 Å². The van der Waals surface area contributed by atoms with Gasteiger partial charge >= 0.3 is 5.97 Å². The summed E-state index contributed by atoms with van der Waals surface area (Å²) in [6.45, 7) is 5.64. The third-order valence-electron chi connectivity index (χ3n) is 13.4. The Morgan fingerprint density at radius 3 is 1.54 bits per heavy atom. The van der Waals surface area contributed by atoms with E-state index in [0.29, 0.717) is 12.8 Å². The molecule has 0 spiro atoms. The monoisotopic (exact) mass is 1000 g/mol. The molecule has 1 fully saturated rings. The van der Waals surface area contributed by atoms with Crippen molar-refractivity contribution in [1.29, 1.82) is 0 Å². The van der Waals surface area contributed by atoms with Gasteiger partial charge in [0.1, 0.15) is 24.4 Å². The summed E-state index contributed by atoms with van der Waals surface area (Å²) in [5, 5.41) is 56.8. The van der Waals surface area contributed by atoms with Crippen LogP contribution in [-0.4, -0.2) is 99.6 Å². The largest absolute Gasteiger partial charge is 0.454 e. The fourth-order valence-electron chi connectivity index (χ4n) is 8.78. The van der Waals surface area contributed by atoms with E-state index < -0.39 is 67.4 Å². The van der Waals surface area contributed by atoms with E-state index in [-0.39, 0.29) is 19.4 Å². The van der Waals surface area contributed by atoms with Crippen LogP contribution < -0.4 is 5.32 Å². The Bertz CT molecular complexity index is 1380. The SMILES string of the molecule is CC/C=C/C/C=C/C/C=C/CCCCCC(O)C(=O)NC(COC1OC(CO)C(O)C(O)C1OC(=O)CCCCCCCCC/C=C/CCCCCCCC)C(O)/C=C/CCCCCCCCCCCC. The normalized spacial score (nSPS) is 20.0. The first-order chi connectivity index (χ1) is 34.7. The molecule has 1 aliphatic rings. The van der Waals surface area contributed by atoms with Gasteiger partial charge in [-0.25, -0.2) is 0 Å². The molecule has 0 aromatic rings. The Morgan fingerprint density at radius 1 is 0.563 bits per heavy atom. The molecular weight excluding hydrogens is 895 g/mol. The molecule has 8 atom stereocenters. The summed E-state index contributed by atoms with van der Waals surface area (Å²) < 4.78 is 17.6. The van der Waals surface area contributed by atoms with Gasteiger partial charge in [-0.3, -0.25) is 9.59 Å². The molecule has 0 bridgehead atoms. The van der Waals surface area contributed by atoms with Gasteiger partial charge in [-0.2, -0.15) is 0 Å². The van der Waals surface area contributed by atoms with Crippen LogP contribution in [0.1, 0.15) is 245 Å². The number of hydrogen-bond acceptors (Lipinski definition) is 10. The molecule has 0 aromatic carbocycles. The minimum atomic E-state index is -1.62. The maximum atomic E-state index is 13.3. The molecule has 1 amide bonds. The maximum Gasteiger partial charge on any atom is 0.306 e. The quantitative estimate of drug-likeness (QED) is 0.0196. The number of allylic oxidation sites excluding steroid dienone is 9. The number of amides is 1. The van der Waals surface area contributed by atoms with Gasteiger partial charge < -0.3 is 45.1 Å². The molecule has 0 radical (unpaired) electrons. The Balaban J connectivity index is 2.73. The standard InChI is InChI=1S/C60H107NO10/c1-4-7-10-13-16-19-22-25-26-27-28-30-33-36-39-42-45-48-55(65)71-58-57(67)56(66)54(49-62)70-60(58)69-50-51(52(63)46-43-40-37-34-31-24-21-18-15-12-9-6-3)61-59(68)53(64)47-44-41-38-35-32-29-23-20-17-14-11-8-5-2/h8,11,17,20,25-26,29,32,43,46,51-54,56-58,60,62-64,66-67H,4-7,9-10,12-16,18-19,21-24,27-28,30-31,33-42,44-45,47-50H2,1-3H3,(H,61,68)/b11-8+,20-17+,26-25+,32-29+,46-43+. The first-order valence-corrected chi connectivity index (χ1v) is 29.1. The first-order valence-electron chi connectivity index (χ1n) is 29.1. The van der Waals surface area contributed by atoms with E-state index in [4.69, 9.17) is 14.2 Å². The Morgan fingerprint density at radius 2 is 1.01 bits per heavy atom. The fourth-order valence-corrected chi connectivity index (χ4v) is 8.78. The lowest BCUT2D eigenvalue weighted by Gasteiger charge is -2.41. The molecule has 11 heteroatoms. The molecule has 0 aliphatic carbocycles. The molecule has 1 aliphatic heterocycles. The molecule has 11 nitrogen and oxygen atoms in total. The lowest BCUT2D eigenvalue weighted by molar-refractivity contribution is -0.305. The molecule has 1 saturated heterocycles. The predicted octanol–water partition coefficient (Wildman–Crippen LogP) is 13.1. The number of nitrogens with one attached hydrogen (secondary N) is 1. The van der Waals surface area contributed by atoms with Crippen molar-refractivity contribution in [2.45, 2.75) is 294 Å². The number of carbonyl (C=O) groups is 2. The number of aliphatic hydroxyl groups is 5. The van der Waals surface area contributed by atoms with E-state index in [1.807, 2.05) is 6.08 Å². The minimum absolute atomic E-state index is 0.115. The van der Waals surface area contributed by atoms with E-state index in [1.54, 1.807) is 6.08 Å². The smallest absolute Gasteiger partial charge is 0.306 e. The first kappa shape index (κ1) is 66.4. The highest BCUT2D eigenvalue weighted by molar-refractivity contribution is 5.80. The highest BCUT2D eigenvalue weighted by atomic mass is 16.7. The summed E-state index contributed by atoms with van der Waals surface area (Å²) in [5.74, 6) is -1.22. The van der Waals surface area contributed by atoms with E-state index in [1.165, 1.54) is 109 Å². The summed E-state index contributed by atoms with van der Waals surface area (Å²) in [4.78, 5) is 26.4. The minimum Gasteiger partial charge on any atom is -0.454 e. The van der Waals surface area contributed by atoms with Crippen molar-refractivity contribution >= 4 is 11.9 Å². The Labute approximate surface area is 433 Å². The van der Waals surface area contributed by atoms with Crippen LogP contribution in [0, 0.1) is 0 Å². The number of aliphatic hydroxyl groups excluding tert-OH is 5. The van der Waals surface area contributed by atoms with Crippen molar-refractivity contribution in [3.05, 3.63) is 60.8 Å². The maximum absolute atomic E-state index is 13.3. The zero-order valence-corrected chi connectivity index (χ0v) is 45.3. The molecule has 1 rings (SSSR count). The van der Waals surface area contributed by atoms with Crippen molar-refractivity contribution in [1.82, 2.24) is 5.32 Å². The number of rotatable bonds is 48. The number of hydrogen-bond donors (Lipinski definition) is 6. The average molecular weight is 1000 g/mol. The molecular formula is C60H107NO10. The molecule has 0 saturated carbocycles. The van der Waals surface area contributed by atoms with Crippen molar-refractivity contribution in [3.63, 3.8) is 0 Å². The third kappa shape index (κ3) is 36.9. The summed E-state index contributed by atoms with van der Waals surface area (Å²) >= 11 is 0. The van der Waals surface area contributed by atoms with Gasteiger partial charge in [-0.15, -0.1) is 0 Å². The van der Waals surface area contributed by atoms with Crippen LogP contribution in [0.15, 0.2) is 60.8 Å². The molecule has 71 heavy (non-hydrogen) atoms. The second-order valence-corrected chi connectivity index (χ2v) is 20.0. The molecule has 8 unspecified atom stereocenters. The predicted molar refractivity (Wildman–Crippen MR) is 292 cm³/mol. The highest BCUT2D eigenvalue weighted by Gasteiger charge is 2.47. The van der Waals surface area contributed by atoms with Crippen molar-refractivity contribution < 1.29 is 49.3 Å². The van der Waals surface area contributed by atoms with Crippen LogP contribution in [-0.2, 0) is 23.8 Å². The third-order valence-corrected chi connectivity index (χ3v) is 13.4. The van der Waals surface area contributed by atoms with Gasteiger partial charge in [0, 0.05) is 6.42 Å². The van der Waals surface area contributed by atoms with Crippen molar-refractivity contribution in [3.8, 4) is 0 Å². The van der Waals surface area contributed by atoms with E-state index in [9.17, 15) is 35.1 Å². The van der Waals surface area contributed by atoms with Crippen LogP contribution in [0.25, 0.3) is 0 Å². The molecule has 6 N–H and O–H groups in total. The molecule has 1 heterocycles. The summed E-state index contributed by atoms with van der Waals surface area (Å²) in [7, 11) is 0. The summed E-state index contributed by atoms with van der Waals surface area (Å²) in [6, 6.07) is -1.04.